The summed E-state index contributed by atoms with van der Waals surface area (Å²) in [5.41, 5.74) is 4.36. The van der Waals surface area contributed by atoms with Gasteiger partial charge in [-0.15, -0.1) is 0 Å². The van der Waals surface area contributed by atoms with Crippen LogP contribution in [0.15, 0.2) is 48.5 Å². The number of nitrogens with one attached hydrogen (secondary N) is 2. The van der Waals surface area contributed by atoms with E-state index in [2.05, 4.69) is 10.6 Å². The third kappa shape index (κ3) is 4.25. The number of alkyl carbamates (subject to hydrolysis) is 1. The average Bonchev–Trinajstić information content (AvgIpc) is 3.39. The highest BCUT2D eigenvalue weighted by atomic mass is 16.5. The lowest BCUT2D eigenvalue weighted by atomic mass is 9.78. The molecule has 5 rings (SSSR count). The SMILES string of the molecule is O=C(O)CCC(NC(=O)OCC1c2ccccc2-c2ccccc21)C(=O)NC1CC12CC(O)C2. The second kappa shape index (κ2) is 8.76. The van der Waals surface area contributed by atoms with Crippen molar-refractivity contribution >= 4 is 18.0 Å². The molecule has 1 spiro atoms. The molecule has 8 heteroatoms. The van der Waals surface area contributed by atoms with Crippen molar-refractivity contribution in [3.63, 3.8) is 0 Å². The number of carbonyl (C=O) groups excluding carboxylic acids is 2. The zero-order chi connectivity index (χ0) is 23.9. The monoisotopic (exact) mass is 464 g/mol. The summed E-state index contributed by atoms with van der Waals surface area (Å²) < 4.78 is 5.52. The van der Waals surface area contributed by atoms with Crippen molar-refractivity contribution in [2.45, 2.75) is 56.2 Å². The van der Waals surface area contributed by atoms with E-state index in [0.29, 0.717) is 12.8 Å². The van der Waals surface area contributed by atoms with Crippen LogP contribution in [0.25, 0.3) is 11.1 Å². The molecule has 2 aromatic rings. The highest BCUT2D eigenvalue weighted by Crippen LogP contribution is 2.60. The number of hydrogen-bond donors (Lipinski definition) is 4. The first-order chi connectivity index (χ1) is 16.4. The average molecular weight is 465 g/mol. The molecule has 178 valence electrons. The molecular formula is C26H28N2O6. The normalized spacial score (nSPS) is 25.0. The molecule has 3 aliphatic carbocycles. The first kappa shape index (κ1) is 22.4. The molecule has 0 radical (unpaired) electrons. The fourth-order valence-corrected chi connectivity index (χ4v) is 5.47. The first-order valence-corrected chi connectivity index (χ1v) is 11.7. The van der Waals surface area contributed by atoms with Gasteiger partial charge in [-0.2, -0.15) is 0 Å². The number of ether oxygens (including phenoxy) is 1. The number of carbonyl (C=O) groups is 3. The van der Waals surface area contributed by atoms with E-state index in [1.165, 1.54) is 0 Å². The molecular weight excluding hydrogens is 436 g/mol. The third-order valence-corrected chi connectivity index (χ3v) is 7.39. The molecule has 34 heavy (non-hydrogen) atoms. The van der Waals surface area contributed by atoms with E-state index in [9.17, 15) is 19.5 Å². The standard InChI is InChI=1S/C26H28N2O6/c29-15-11-26(12-15)13-22(26)28-24(32)21(9-10-23(30)31)27-25(33)34-14-20-18-7-3-1-5-16(18)17-6-2-4-8-19(17)20/h1-8,15,20-22,29H,9-14H2,(H,27,33)(H,28,32)(H,30,31). The number of rotatable bonds is 8. The summed E-state index contributed by atoms with van der Waals surface area (Å²) in [5.74, 6) is -1.57. The van der Waals surface area contributed by atoms with Crippen LogP contribution < -0.4 is 10.6 Å². The van der Waals surface area contributed by atoms with Gasteiger partial charge in [0, 0.05) is 18.4 Å². The summed E-state index contributed by atoms with van der Waals surface area (Å²) in [6, 6.07) is 15.0. The number of aliphatic hydroxyl groups is 1. The Kier molecular flexibility index (Phi) is 5.77. The van der Waals surface area contributed by atoms with Crippen LogP contribution in [0, 0.1) is 5.41 Å². The first-order valence-electron chi connectivity index (χ1n) is 11.7. The fourth-order valence-electron chi connectivity index (χ4n) is 5.47. The highest BCUT2D eigenvalue weighted by Gasteiger charge is 2.62. The molecule has 2 atom stereocenters. The lowest BCUT2D eigenvalue weighted by Crippen LogP contribution is -2.49. The molecule has 0 bridgehead atoms. The third-order valence-electron chi connectivity index (χ3n) is 7.39. The highest BCUT2D eigenvalue weighted by molar-refractivity contribution is 5.87. The lowest BCUT2D eigenvalue weighted by Gasteiger charge is -2.33. The van der Waals surface area contributed by atoms with Crippen LogP contribution in [0.5, 0.6) is 0 Å². The van der Waals surface area contributed by atoms with Crippen LogP contribution >= 0.6 is 0 Å². The van der Waals surface area contributed by atoms with Gasteiger partial charge in [-0.3, -0.25) is 9.59 Å². The Bertz CT molecular complexity index is 1080. The van der Waals surface area contributed by atoms with Gasteiger partial charge in [0.2, 0.25) is 5.91 Å². The number of amides is 2. The second-order valence-electron chi connectivity index (χ2n) is 9.64. The summed E-state index contributed by atoms with van der Waals surface area (Å²) in [7, 11) is 0. The number of benzene rings is 2. The predicted molar refractivity (Wildman–Crippen MR) is 123 cm³/mol. The Labute approximate surface area is 197 Å². The molecule has 0 heterocycles. The number of aliphatic carboxylic acids is 1. The Morgan fingerprint density at radius 2 is 1.62 bits per heavy atom. The Morgan fingerprint density at radius 1 is 1.00 bits per heavy atom. The fraction of sp³-hybridized carbons (Fsp3) is 0.423. The van der Waals surface area contributed by atoms with E-state index in [4.69, 9.17) is 9.84 Å². The minimum atomic E-state index is -1.04. The number of fused-ring (bicyclic) bond motifs is 3. The van der Waals surface area contributed by atoms with Crippen LogP contribution in [0.3, 0.4) is 0 Å². The molecule has 2 aromatic carbocycles. The van der Waals surface area contributed by atoms with Crippen LogP contribution in [0.4, 0.5) is 4.79 Å². The summed E-state index contributed by atoms with van der Waals surface area (Å²) >= 11 is 0. The maximum absolute atomic E-state index is 12.8. The molecule has 3 aliphatic rings. The van der Waals surface area contributed by atoms with Crippen molar-refractivity contribution in [1.82, 2.24) is 10.6 Å². The zero-order valence-corrected chi connectivity index (χ0v) is 18.7. The van der Waals surface area contributed by atoms with Gasteiger partial charge in [-0.1, -0.05) is 48.5 Å². The van der Waals surface area contributed by atoms with Crippen molar-refractivity contribution in [3.05, 3.63) is 59.7 Å². The maximum atomic E-state index is 12.8. The van der Waals surface area contributed by atoms with Crippen molar-refractivity contribution in [2.24, 2.45) is 5.41 Å². The van der Waals surface area contributed by atoms with Crippen molar-refractivity contribution in [1.29, 1.82) is 0 Å². The van der Waals surface area contributed by atoms with Crippen LogP contribution in [0.2, 0.25) is 0 Å². The van der Waals surface area contributed by atoms with Gasteiger partial charge in [0.05, 0.1) is 6.10 Å². The molecule has 0 aromatic heterocycles. The minimum absolute atomic E-state index is 0.0316. The van der Waals surface area contributed by atoms with E-state index in [0.717, 1.165) is 28.7 Å². The van der Waals surface area contributed by atoms with Crippen molar-refractivity contribution in [3.8, 4) is 11.1 Å². The van der Waals surface area contributed by atoms with Crippen molar-refractivity contribution < 1.29 is 29.3 Å². The summed E-state index contributed by atoms with van der Waals surface area (Å²) in [4.78, 5) is 36.5. The molecule has 4 N–H and O–H groups in total. The van der Waals surface area contributed by atoms with Crippen LogP contribution in [0.1, 0.15) is 49.1 Å². The summed E-state index contributed by atoms with van der Waals surface area (Å²) in [6.45, 7) is 0.108. The number of hydrogen-bond acceptors (Lipinski definition) is 5. The zero-order valence-electron chi connectivity index (χ0n) is 18.7. The van der Waals surface area contributed by atoms with E-state index < -0.39 is 24.0 Å². The Hall–Kier alpha value is -3.39. The smallest absolute Gasteiger partial charge is 0.407 e. The van der Waals surface area contributed by atoms with E-state index in [1.54, 1.807) is 0 Å². The van der Waals surface area contributed by atoms with E-state index >= 15 is 0 Å². The quantitative estimate of drug-likeness (QED) is 0.476. The summed E-state index contributed by atoms with van der Waals surface area (Å²) in [5, 5.41) is 24.1. The second-order valence-corrected chi connectivity index (χ2v) is 9.64. The molecule has 0 aliphatic heterocycles. The van der Waals surface area contributed by atoms with E-state index in [-0.39, 0.29) is 42.9 Å². The Morgan fingerprint density at radius 3 is 2.21 bits per heavy atom. The van der Waals surface area contributed by atoms with Crippen LogP contribution in [-0.2, 0) is 14.3 Å². The largest absolute Gasteiger partial charge is 0.481 e. The molecule has 8 nitrogen and oxygen atoms in total. The topological polar surface area (TPSA) is 125 Å². The van der Waals surface area contributed by atoms with Gasteiger partial charge < -0.3 is 25.6 Å². The predicted octanol–water partition coefficient (Wildman–Crippen LogP) is 2.79. The molecule has 2 unspecified atom stereocenters. The van der Waals surface area contributed by atoms with Crippen LogP contribution in [-0.4, -0.2) is 53.0 Å². The Balaban J connectivity index is 1.21. The van der Waals surface area contributed by atoms with Gasteiger partial charge in [0.1, 0.15) is 12.6 Å². The molecule has 0 saturated heterocycles. The number of aliphatic hydroxyl groups excluding tert-OH is 1. The molecule has 2 amide bonds. The summed E-state index contributed by atoms with van der Waals surface area (Å²) in [6.07, 6.45) is 0.770. The van der Waals surface area contributed by atoms with Gasteiger partial charge in [-0.05, 0) is 53.4 Å². The van der Waals surface area contributed by atoms with Crippen molar-refractivity contribution in [2.75, 3.05) is 6.61 Å². The number of carboxylic acids is 1. The molecule has 2 saturated carbocycles. The van der Waals surface area contributed by atoms with Gasteiger partial charge >= 0.3 is 12.1 Å². The lowest BCUT2D eigenvalue weighted by molar-refractivity contribution is -0.137. The minimum Gasteiger partial charge on any atom is -0.481 e. The van der Waals surface area contributed by atoms with Gasteiger partial charge in [0.15, 0.2) is 0 Å². The molecule has 2 fully saturated rings. The number of carboxylic acid groups (broad SMARTS) is 1. The van der Waals surface area contributed by atoms with E-state index in [1.807, 2.05) is 48.5 Å². The van der Waals surface area contributed by atoms with Gasteiger partial charge in [0.25, 0.3) is 0 Å². The maximum Gasteiger partial charge on any atom is 0.407 e. The van der Waals surface area contributed by atoms with Gasteiger partial charge in [-0.25, -0.2) is 4.79 Å².